The number of hydrogen-bond acceptors (Lipinski definition) is 8. The second kappa shape index (κ2) is 10.7. The lowest BCUT2D eigenvalue weighted by Gasteiger charge is -2.57. The van der Waals surface area contributed by atoms with E-state index in [4.69, 9.17) is 14.5 Å². The van der Waals surface area contributed by atoms with Crippen LogP contribution in [0.15, 0.2) is 61.2 Å². The number of hydrogen-bond donors (Lipinski definition) is 1. The van der Waals surface area contributed by atoms with Crippen molar-refractivity contribution in [3.63, 3.8) is 0 Å². The van der Waals surface area contributed by atoms with E-state index >= 15 is 0 Å². The second-order valence-corrected chi connectivity index (χ2v) is 12.5. The van der Waals surface area contributed by atoms with Crippen LogP contribution in [0.3, 0.4) is 0 Å². The Morgan fingerprint density at radius 2 is 1.90 bits per heavy atom. The van der Waals surface area contributed by atoms with Gasteiger partial charge in [0.05, 0.1) is 41.8 Å². The SMILES string of the molecule is COC1CC2(CC(COc3cc(-c4ccc(N5CCC(O)(Cc6ccccn6)CC5)nc4)c4c(C#N)cnn4c3)C2)C1. The molecule has 3 aliphatic rings. The summed E-state index contributed by atoms with van der Waals surface area (Å²) in [7, 11) is 1.81. The number of aromatic nitrogens is 4. The molecule has 1 aliphatic heterocycles. The van der Waals surface area contributed by atoms with Gasteiger partial charge in [-0.25, -0.2) is 9.50 Å². The summed E-state index contributed by atoms with van der Waals surface area (Å²) in [5, 5.41) is 25.4. The van der Waals surface area contributed by atoms with E-state index in [-0.39, 0.29) is 0 Å². The Kier molecular flexibility index (Phi) is 6.83. The predicted octanol–water partition coefficient (Wildman–Crippen LogP) is 4.82. The van der Waals surface area contributed by atoms with E-state index in [0.717, 1.165) is 47.0 Å². The van der Waals surface area contributed by atoms with Crippen molar-refractivity contribution in [2.75, 3.05) is 31.7 Å². The van der Waals surface area contributed by atoms with Gasteiger partial charge < -0.3 is 19.5 Å². The van der Waals surface area contributed by atoms with Crippen LogP contribution in [0.5, 0.6) is 5.75 Å². The largest absolute Gasteiger partial charge is 0.492 e. The molecule has 216 valence electrons. The number of fused-ring (bicyclic) bond motifs is 1. The summed E-state index contributed by atoms with van der Waals surface area (Å²) in [6.45, 7) is 2.12. The summed E-state index contributed by atoms with van der Waals surface area (Å²) in [5.74, 6) is 2.17. The van der Waals surface area contributed by atoms with Gasteiger partial charge in [-0.15, -0.1) is 0 Å². The lowest BCUT2D eigenvalue weighted by molar-refractivity contribution is -0.131. The van der Waals surface area contributed by atoms with E-state index in [9.17, 15) is 10.4 Å². The third kappa shape index (κ3) is 5.10. The van der Waals surface area contributed by atoms with Gasteiger partial charge in [0.15, 0.2) is 0 Å². The van der Waals surface area contributed by atoms with Gasteiger partial charge in [0.25, 0.3) is 0 Å². The number of pyridine rings is 3. The molecule has 9 heteroatoms. The Hall–Kier alpha value is -4.00. The Morgan fingerprint density at radius 1 is 1.07 bits per heavy atom. The van der Waals surface area contributed by atoms with E-state index in [1.165, 1.54) is 25.7 Å². The van der Waals surface area contributed by atoms with Crippen molar-refractivity contribution in [1.29, 1.82) is 5.26 Å². The molecule has 3 fully saturated rings. The van der Waals surface area contributed by atoms with Crippen molar-refractivity contribution in [1.82, 2.24) is 19.6 Å². The molecule has 0 unspecified atom stereocenters. The maximum atomic E-state index is 11.2. The first-order valence-electron chi connectivity index (χ1n) is 14.9. The molecule has 1 N–H and O–H groups in total. The summed E-state index contributed by atoms with van der Waals surface area (Å²) >= 11 is 0. The van der Waals surface area contributed by atoms with Crippen LogP contribution >= 0.6 is 0 Å². The Balaban J connectivity index is 1.04. The summed E-state index contributed by atoms with van der Waals surface area (Å²) in [5.41, 5.74) is 3.68. The van der Waals surface area contributed by atoms with Crippen LogP contribution < -0.4 is 9.64 Å². The molecule has 0 radical (unpaired) electrons. The molecule has 4 aromatic heterocycles. The molecular weight excluding hydrogens is 528 g/mol. The molecule has 1 spiro atoms. The molecular formula is C33H36N6O3. The normalized spacial score (nSPS) is 24.6. The molecule has 42 heavy (non-hydrogen) atoms. The highest BCUT2D eigenvalue weighted by molar-refractivity contribution is 5.85. The third-order valence-electron chi connectivity index (χ3n) is 9.60. The summed E-state index contributed by atoms with van der Waals surface area (Å²) in [4.78, 5) is 11.4. The van der Waals surface area contributed by atoms with E-state index < -0.39 is 5.60 Å². The Bertz CT molecular complexity index is 1590. The van der Waals surface area contributed by atoms with E-state index in [1.54, 1.807) is 24.0 Å². The van der Waals surface area contributed by atoms with E-state index in [1.807, 2.05) is 48.8 Å². The third-order valence-corrected chi connectivity index (χ3v) is 9.60. The minimum absolute atomic E-state index is 0.432. The molecule has 2 saturated carbocycles. The fourth-order valence-electron chi connectivity index (χ4n) is 7.28. The molecule has 2 aliphatic carbocycles. The number of methoxy groups -OCH3 is 1. The fourth-order valence-corrected chi connectivity index (χ4v) is 7.28. The number of anilines is 1. The number of piperidine rings is 1. The number of aliphatic hydroxyl groups is 1. The highest BCUT2D eigenvalue weighted by Crippen LogP contribution is 2.59. The standard InChI is InChI=1S/C33H36N6O3/c1-41-28-16-32(17-28)13-23(14-32)22-42-27-12-29(31-25(18-34)20-37-39(31)21-27)24-5-6-30(36-19-24)38-10-7-33(40,8-11-38)15-26-4-2-3-9-35-26/h2-6,9,12,19-21,23,28,40H,7-8,10-11,13-17,22H2,1H3. The van der Waals surface area contributed by atoms with Gasteiger partial charge in [-0.2, -0.15) is 10.4 Å². The van der Waals surface area contributed by atoms with Gasteiger partial charge in [0, 0.05) is 55.8 Å². The molecule has 0 amide bonds. The maximum absolute atomic E-state index is 11.2. The van der Waals surface area contributed by atoms with Crippen LogP contribution in [-0.4, -0.2) is 63.2 Å². The average Bonchev–Trinajstić information content (AvgIpc) is 3.39. The quantitative estimate of drug-likeness (QED) is 0.325. The molecule has 0 atom stereocenters. The second-order valence-electron chi connectivity index (χ2n) is 12.5. The van der Waals surface area contributed by atoms with Crippen molar-refractivity contribution in [2.45, 2.75) is 56.7 Å². The monoisotopic (exact) mass is 564 g/mol. The first kappa shape index (κ1) is 26.9. The van der Waals surface area contributed by atoms with Crippen molar-refractivity contribution >= 4 is 11.3 Å². The lowest BCUT2D eigenvalue weighted by Crippen LogP contribution is -2.51. The van der Waals surface area contributed by atoms with Crippen molar-refractivity contribution < 1.29 is 14.6 Å². The van der Waals surface area contributed by atoms with Gasteiger partial charge in [0.2, 0.25) is 0 Å². The molecule has 5 heterocycles. The van der Waals surface area contributed by atoms with Crippen LogP contribution in [0.2, 0.25) is 0 Å². The van der Waals surface area contributed by atoms with Gasteiger partial charge >= 0.3 is 0 Å². The molecule has 0 bridgehead atoms. The Labute approximate surface area is 245 Å². The summed E-state index contributed by atoms with van der Waals surface area (Å²) < 4.78 is 13.5. The molecule has 4 aromatic rings. The minimum Gasteiger partial charge on any atom is -0.492 e. The zero-order valence-corrected chi connectivity index (χ0v) is 23.9. The zero-order chi connectivity index (χ0) is 28.7. The van der Waals surface area contributed by atoms with E-state index in [2.05, 4.69) is 21.1 Å². The highest BCUT2D eigenvalue weighted by Gasteiger charge is 2.53. The first-order chi connectivity index (χ1) is 20.4. The number of ether oxygens (including phenoxy) is 2. The number of nitriles is 1. The Morgan fingerprint density at radius 3 is 2.60 bits per heavy atom. The zero-order valence-electron chi connectivity index (χ0n) is 23.9. The van der Waals surface area contributed by atoms with Crippen LogP contribution in [-0.2, 0) is 11.2 Å². The topological polar surface area (TPSA) is 109 Å². The van der Waals surface area contributed by atoms with Crippen molar-refractivity contribution in [3.8, 4) is 22.9 Å². The van der Waals surface area contributed by atoms with Gasteiger partial charge in [-0.05, 0) is 80.2 Å². The average molecular weight is 565 g/mol. The molecule has 7 rings (SSSR count). The minimum atomic E-state index is -0.753. The van der Waals surface area contributed by atoms with Crippen LogP contribution in [0, 0.1) is 22.7 Å². The van der Waals surface area contributed by atoms with Gasteiger partial charge in [-0.3, -0.25) is 4.98 Å². The first-order valence-corrected chi connectivity index (χ1v) is 14.9. The van der Waals surface area contributed by atoms with E-state index in [0.29, 0.717) is 48.9 Å². The van der Waals surface area contributed by atoms with Crippen LogP contribution in [0.25, 0.3) is 16.6 Å². The summed E-state index contributed by atoms with van der Waals surface area (Å²) in [6.07, 6.45) is 14.1. The van der Waals surface area contributed by atoms with Gasteiger partial charge in [-0.1, -0.05) is 6.07 Å². The van der Waals surface area contributed by atoms with Crippen LogP contribution in [0.1, 0.15) is 49.8 Å². The number of nitrogens with zero attached hydrogens (tertiary/aromatic N) is 6. The fraction of sp³-hybridized carbons (Fsp3) is 0.455. The number of rotatable bonds is 8. The van der Waals surface area contributed by atoms with Crippen LogP contribution in [0.4, 0.5) is 5.82 Å². The lowest BCUT2D eigenvalue weighted by atomic mass is 9.51. The maximum Gasteiger partial charge on any atom is 0.138 e. The van der Waals surface area contributed by atoms with Gasteiger partial charge in [0.1, 0.15) is 17.6 Å². The highest BCUT2D eigenvalue weighted by atomic mass is 16.5. The van der Waals surface area contributed by atoms with Crippen molar-refractivity contribution in [3.05, 3.63) is 72.4 Å². The molecule has 1 saturated heterocycles. The predicted molar refractivity (Wildman–Crippen MR) is 158 cm³/mol. The van der Waals surface area contributed by atoms with Crippen molar-refractivity contribution in [2.24, 2.45) is 11.3 Å². The molecule has 0 aromatic carbocycles. The smallest absolute Gasteiger partial charge is 0.138 e. The molecule has 9 nitrogen and oxygen atoms in total. The summed E-state index contributed by atoms with van der Waals surface area (Å²) in [6, 6.07) is 14.2.